The molecule has 0 fully saturated rings. The molecule has 4 heteroatoms. The van der Waals surface area contributed by atoms with E-state index in [1.54, 1.807) is 6.20 Å². The van der Waals surface area contributed by atoms with Crippen LogP contribution in [0.3, 0.4) is 0 Å². The Morgan fingerprint density at radius 2 is 2.18 bits per heavy atom. The molecular weight excluding hydrogens is 216 g/mol. The predicted octanol–water partition coefficient (Wildman–Crippen LogP) is 1.21. The second-order valence-electron chi connectivity index (χ2n) is 4.55. The first-order valence-electron chi connectivity index (χ1n) is 5.85. The van der Waals surface area contributed by atoms with E-state index >= 15 is 0 Å². The summed E-state index contributed by atoms with van der Waals surface area (Å²) in [6.45, 7) is 1.86. The Morgan fingerprint density at radius 3 is 2.94 bits per heavy atom. The summed E-state index contributed by atoms with van der Waals surface area (Å²) < 4.78 is 0. The SMILES string of the molecule is Cc1c(CO)cnc2c3c(c(=O)[nH]c12)CCC3. The smallest absolute Gasteiger partial charge is 0.252 e. The third kappa shape index (κ3) is 1.41. The van der Waals surface area contributed by atoms with Gasteiger partial charge in [-0.15, -0.1) is 0 Å². The number of fused-ring (bicyclic) bond motifs is 3. The number of rotatable bonds is 1. The molecular formula is C13H14N2O2. The number of nitrogens with one attached hydrogen (secondary N) is 1. The number of H-pyrrole nitrogens is 1. The van der Waals surface area contributed by atoms with Gasteiger partial charge >= 0.3 is 0 Å². The molecule has 2 N–H and O–H groups in total. The summed E-state index contributed by atoms with van der Waals surface area (Å²) in [7, 11) is 0. The van der Waals surface area contributed by atoms with Crippen LogP contribution in [0, 0.1) is 6.92 Å². The lowest BCUT2D eigenvalue weighted by atomic mass is 10.1. The van der Waals surface area contributed by atoms with E-state index in [0.29, 0.717) is 0 Å². The van der Waals surface area contributed by atoms with Crippen molar-refractivity contribution in [2.75, 3.05) is 0 Å². The van der Waals surface area contributed by atoms with Gasteiger partial charge in [0.05, 0.1) is 17.6 Å². The highest BCUT2D eigenvalue weighted by Gasteiger charge is 2.19. The molecule has 0 spiro atoms. The van der Waals surface area contributed by atoms with Gasteiger partial charge in [-0.05, 0) is 37.3 Å². The molecule has 4 nitrogen and oxygen atoms in total. The normalized spacial score (nSPS) is 14.2. The van der Waals surface area contributed by atoms with E-state index in [-0.39, 0.29) is 12.2 Å². The number of aromatic amines is 1. The molecule has 2 heterocycles. The van der Waals surface area contributed by atoms with Crippen molar-refractivity contribution in [1.29, 1.82) is 0 Å². The summed E-state index contributed by atoms with van der Waals surface area (Å²) in [5.41, 5.74) is 5.35. The Balaban J connectivity index is 2.45. The van der Waals surface area contributed by atoms with Gasteiger partial charge in [-0.3, -0.25) is 9.78 Å². The number of nitrogens with zero attached hydrogens (tertiary/aromatic N) is 1. The summed E-state index contributed by atoms with van der Waals surface area (Å²) in [6, 6.07) is 0. The van der Waals surface area contributed by atoms with Gasteiger partial charge in [-0.25, -0.2) is 0 Å². The van der Waals surface area contributed by atoms with Crippen molar-refractivity contribution in [2.45, 2.75) is 32.8 Å². The maximum absolute atomic E-state index is 11.9. The van der Waals surface area contributed by atoms with Crippen LogP contribution in [-0.2, 0) is 19.4 Å². The molecule has 0 aromatic carbocycles. The zero-order valence-corrected chi connectivity index (χ0v) is 9.71. The summed E-state index contributed by atoms with van der Waals surface area (Å²) in [5, 5.41) is 9.21. The topological polar surface area (TPSA) is 66.0 Å². The Hall–Kier alpha value is -1.68. The van der Waals surface area contributed by atoms with Crippen LogP contribution in [0.2, 0.25) is 0 Å². The molecule has 88 valence electrons. The molecule has 1 aliphatic rings. The molecule has 0 radical (unpaired) electrons. The third-order valence-electron chi connectivity index (χ3n) is 3.63. The van der Waals surface area contributed by atoms with Crippen molar-refractivity contribution >= 4 is 11.0 Å². The van der Waals surface area contributed by atoms with Crippen LogP contribution < -0.4 is 5.56 Å². The van der Waals surface area contributed by atoms with Crippen LogP contribution in [-0.4, -0.2) is 15.1 Å². The highest BCUT2D eigenvalue weighted by molar-refractivity contribution is 5.83. The second-order valence-corrected chi connectivity index (χ2v) is 4.55. The fraction of sp³-hybridized carbons (Fsp3) is 0.385. The van der Waals surface area contributed by atoms with E-state index < -0.39 is 0 Å². The molecule has 0 saturated heterocycles. The summed E-state index contributed by atoms with van der Waals surface area (Å²) in [5.74, 6) is 0. The molecule has 2 aromatic heterocycles. The Bertz CT molecular complexity index is 658. The van der Waals surface area contributed by atoms with Crippen LogP contribution in [0.25, 0.3) is 11.0 Å². The molecule has 0 bridgehead atoms. The van der Waals surface area contributed by atoms with Gasteiger partial charge in [0.25, 0.3) is 5.56 Å². The molecule has 0 atom stereocenters. The van der Waals surface area contributed by atoms with Crippen molar-refractivity contribution in [3.63, 3.8) is 0 Å². The minimum Gasteiger partial charge on any atom is -0.392 e. The molecule has 0 unspecified atom stereocenters. The van der Waals surface area contributed by atoms with Gasteiger partial charge in [-0.1, -0.05) is 0 Å². The number of aliphatic hydroxyl groups is 1. The quantitative estimate of drug-likeness (QED) is 0.774. The molecule has 0 saturated carbocycles. The lowest BCUT2D eigenvalue weighted by molar-refractivity contribution is 0.281. The van der Waals surface area contributed by atoms with Crippen molar-refractivity contribution < 1.29 is 5.11 Å². The van der Waals surface area contributed by atoms with E-state index in [1.165, 1.54) is 0 Å². The lowest BCUT2D eigenvalue weighted by Crippen LogP contribution is -2.14. The summed E-state index contributed by atoms with van der Waals surface area (Å²) in [6.07, 6.45) is 4.51. The lowest BCUT2D eigenvalue weighted by Gasteiger charge is -2.09. The Morgan fingerprint density at radius 1 is 1.41 bits per heavy atom. The van der Waals surface area contributed by atoms with Gasteiger partial charge in [0.2, 0.25) is 0 Å². The predicted molar refractivity (Wildman–Crippen MR) is 65.0 cm³/mol. The first kappa shape index (κ1) is 10.5. The second kappa shape index (κ2) is 3.67. The Labute approximate surface area is 98.3 Å². The van der Waals surface area contributed by atoms with Crippen molar-refractivity contribution in [3.8, 4) is 0 Å². The summed E-state index contributed by atoms with van der Waals surface area (Å²) in [4.78, 5) is 19.2. The molecule has 0 amide bonds. The number of aliphatic hydroxyl groups excluding tert-OH is 1. The largest absolute Gasteiger partial charge is 0.392 e. The van der Waals surface area contributed by atoms with Gasteiger partial charge in [0, 0.05) is 17.3 Å². The van der Waals surface area contributed by atoms with Crippen molar-refractivity contribution in [1.82, 2.24) is 9.97 Å². The average molecular weight is 230 g/mol. The molecule has 17 heavy (non-hydrogen) atoms. The molecule has 3 rings (SSSR count). The molecule has 2 aromatic rings. The number of aromatic nitrogens is 2. The van der Waals surface area contributed by atoms with Crippen LogP contribution in [0.1, 0.15) is 28.7 Å². The van der Waals surface area contributed by atoms with E-state index in [1.807, 2.05) is 6.92 Å². The average Bonchev–Trinajstić information content (AvgIpc) is 2.81. The van der Waals surface area contributed by atoms with E-state index in [0.717, 1.165) is 52.5 Å². The third-order valence-corrected chi connectivity index (χ3v) is 3.63. The fourth-order valence-corrected chi connectivity index (χ4v) is 2.63. The van der Waals surface area contributed by atoms with Gasteiger partial charge < -0.3 is 10.1 Å². The number of pyridine rings is 2. The molecule has 0 aliphatic heterocycles. The number of aryl methyl sites for hydroxylation is 2. The zero-order valence-electron chi connectivity index (χ0n) is 9.71. The fourth-order valence-electron chi connectivity index (χ4n) is 2.63. The van der Waals surface area contributed by atoms with Crippen LogP contribution in [0.15, 0.2) is 11.0 Å². The highest BCUT2D eigenvalue weighted by Crippen LogP contribution is 2.27. The number of hydrogen-bond donors (Lipinski definition) is 2. The minimum absolute atomic E-state index is 0.00462. The standard InChI is InChI=1S/C13H14N2O2/c1-7-8(6-16)5-14-12-9-3-2-4-10(9)13(17)15-11(7)12/h5,16H,2-4,6H2,1H3,(H,15,17). The zero-order chi connectivity index (χ0) is 12.0. The first-order chi connectivity index (χ1) is 8.22. The van der Waals surface area contributed by atoms with Gasteiger partial charge in [-0.2, -0.15) is 0 Å². The van der Waals surface area contributed by atoms with Gasteiger partial charge in [0.15, 0.2) is 0 Å². The highest BCUT2D eigenvalue weighted by atomic mass is 16.3. The maximum atomic E-state index is 11.9. The summed E-state index contributed by atoms with van der Waals surface area (Å²) >= 11 is 0. The van der Waals surface area contributed by atoms with Gasteiger partial charge in [0.1, 0.15) is 0 Å². The number of hydrogen-bond acceptors (Lipinski definition) is 3. The van der Waals surface area contributed by atoms with Crippen LogP contribution in [0.4, 0.5) is 0 Å². The van der Waals surface area contributed by atoms with Crippen LogP contribution >= 0.6 is 0 Å². The Kier molecular flexibility index (Phi) is 2.26. The van der Waals surface area contributed by atoms with Crippen molar-refractivity contribution in [3.05, 3.63) is 38.8 Å². The minimum atomic E-state index is -0.0477. The van der Waals surface area contributed by atoms with E-state index in [2.05, 4.69) is 9.97 Å². The first-order valence-corrected chi connectivity index (χ1v) is 5.85. The van der Waals surface area contributed by atoms with E-state index in [9.17, 15) is 9.90 Å². The monoisotopic (exact) mass is 230 g/mol. The maximum Gasteiger partial charge on any atom is 0.252 e. The van der Waals surface area contributed by atoms with Crippen molar-refractivity contribution in [2.24, 2.45) is 0 Å². The van der Waals surface area contributed by atoms with E-state index in [4.69, 9.17) is 0 Å². The molecule has 1 aliphatic carbocycles. The van der Waals surface area contributed by atoms with Crippen LogP contribution in [0.5, 0.6) is 0 Å².